The molecule has 2 rings (SSSR count). The van der Waals surface area contributed by atoms with Gasteiger partial charge in [0.1, 0.15) is 0 Å². The van der Waals surface area contributed by atoms with Gasteiger partial charge in [0.15, 0.2) is 0 Å². The summed E-state index contributed by atoms with van der Waals surface area (Å²) in [6.07, 6.45) is 6.02. The Morgan fingerprint density at radius 2 is 1.59 bits per heavy atom. The van der Waals surface area contributed by atoms with E-state index in [4.69, 9.17) is 4.74 Å². The highest BCUT2D eigenvalue weighted by Gasteiger charge is 2.27. The highest BCUT2D eigenvalue weighted by molar-refractivity contribution is 5.76. The maximum absolute atomic E-state index is 12.5. The lowest BCUT2D eigenvalue weighted by molar-refractivity contribution is -0.134. The minimum atomic E-state index is 0.320. The molecule has 1 saturated carbocycles. The predicted octanol–water partition coefficient (Wildman–Crippen LogP) is 2.91. The minimum Gasteiger partial charge on any atom is -0.376 e. The summed E-state index contributed by atoms with van der Waals surface area (Å²) >= 11 is 0. The van der Waals surface area contributed by atoms with E-state index < -0.39 is 0 Å². The van der Waals surface area contributed by atoms with E-state index >= 15 is 0 Å². The maximum Gasteiger partial charge on any atom is 0.222 e. The van der Waals surface area contributed by atoms with Crippen LogP contribution in [-0.2, 0) is 9.53 Å². The molecule has 0 N–H and O–H groups in total. The van der Waals surface area contributed by atoms with Crippen molar-refractivity contribution >= 4 is 5.91 Å². The van der Waals surface area contributed by atoms with Crippen LogP contribution in [0.4, 0.5) is 0 Å². The standard InChI is InChI=1S/C18H34N2O2/c1-14(2)19-9-11-20(12-10-19)18(21)13-16-5-7-17(8-6-16)22-15(3)4/h14-17H,5-13H2,1-4H3. The molecule has 0 bridgehead atoms. The zero-order valence-electron chi connectivity index (χ0n) is 14.9. The van der Waals surface area contributed by atoms with Crippen LogP contribution in [-0.4, -0.2) is 60.1 Å². The zero-order chi connectivity index (χ0) is 16.1. The highest BCUT2D eigenvalue weighted by Crippen LogP contribution is 2.29. The third kappa shape index (κ3) is 5.24. The highest BCUT2D eigenvalue weighted by atomic mass is 16.5. The van der Waals surface area contributed by atoms with Crippen molar-refractivity contribution in [2.45, 2.75) is 78.0 Å². The van der Waals surface area contributed by atoms with E-state index in [1.807, 2.05) is 0 Å². The van der Waals surface area contributed by atoms with Crippen LogP contribution in [0.3, 0.4) is 0 Å². The molecular formula is C18H34N2O2. The Kier molecular flexibility index (Phi) is 6.69. The van der Waals surface area contributed by atoms with Gasteiger partial charge in [-0.25, -0.2) is 0 Å². The van der Waals surface area contributed by atoms with Crippen LogP contribution in [0.1, 0.15) is 59.8 Å². The van der Waals surface area contributed by atoms with Crippen LogP contribution in [0.25, 0.3) is 0 Å². The molecule has 0 aromatic carbocycles. The number of hydrogen-bond donors (Lipinski definition) is 0. The smallest absolute Gasteiger partial charge is 0.222 e. The summed E-state index contributed by atoms with van der Waals surface area (Å²) in [5.41, 5.74) is 0. The average molecular weight is 310 g/mol. The summed E-state index contributed by atoms with van der Waals surface area (Å²) in [5.74, 6) is 0.944. The number of piperazine rings is 1. The van der Waals surface area contributed by atoms with E-state index in [0.29, 0.717) is 30.1 Å². The molecule has 0 unspecified atom stereocenters. The SMILES string of the molecule is CC(C)OC1CCC(CC(=O)N2CCN(C(C)C)CC2)CC1. The van der Waals surface area contributed by atoms with E-state index in [1.54, 1.807) is 0 Å². The first-order valence-electron chi connectivity index (χ1n) is 9.13. The first kappa shape index (κ1) is 17.7. The van der Waals surface area contributed by atoms with Crippen molar-refractivity contribution in [2.75, 3.05) is 26.2 Å². The van der Waals surface area contributed by atoms with E-state index in [0.717, 1.165) is 58.3 Å². The normalized spacial score (nSPS) is 27.6. The van der Waals surface area contributed by atoms with E-state index in [1.165, 1.54) is 0 Å². The molecule has 4 heteroatoms. The fraction of sp³-hybridized carbons (Fsp3) is 0.944. The first-order valence-corrected chi connectivity index (χ1v) is 9.13. The second-order valence-electron chi connectivity index (χ2n) is 7.54. The quantitative estimate of drug-likeness (QED) is 0.783. The van der Waals surface area contributed by atoms with Gasteiger partial charge in [0.05, 0.1) is 12.2 Å². The molecule has 4 nitrogen and oxygen atoms in total. The molecule has 0 spiro atoms. The van der Waals surface area contributed by atoms with Crippen molar-refractivity contribution in [1.82, 2.24) is 9.80 Å². The topological polar surface area (TPSA) is 32.8 Å². The largest absolute Gasteiger partial charge is 0.376 e. The molecule has 1 aliphatic carbocycles. The Hall–Kier alpha value is -0.610. The maximum atomic E-state index is 12.5. The molecule has 0 atom stereocenters. The molecule has 1 aliphatic heterocycles. The molecule has 22 heavy (non-hydrogen) atoms. The zero-order valence-corrected chi connectivity index (χ0v) is 14.9. The summed E-state index contributed by atoms with van der Waals surface area (Å²) in [4.78, 5) is 17.0. The number of hydrogen-bond acceptors (Lipinski definition) is 3. The molecule has 1 saturated heterocycles. The molecule has 2 aliphatic rings. The van der Waals surface area contributed by atoms with Crippen LogP contribution in [0.5, 0.6) is 0 Å². The van der Waals surface area contributed by atoms with E-state index in [9.17, 15) is 4.79 Å². The van der Waals surface area contributed by atoms with E-state index in [-0.39, 0.29) is 0 Å². The van der Waals surface area contributed by atoms with Crippen molar-refractivity contribution in [1.29, 1.82) is 0 Å². The predicted molar refractivity (Wildman–Crippen MR) is 89.9 cm³/mol. The lowest BCUT2D eigenvalue weighted by Crippen LogP contribution is -2.51. The third-order valence-corrected chi connectivity index (χ3v) is 5.12. The third-order valence-electron chi connectivity index (χ3n) is 5.12. The van der Waals surface area contributed by atoms with Crippen LogP contribution < -0.4 is 0 Å². The van der Waals surface area contributed by atoms with Crippen molar-refractivity contribution in [2.24, 2.45) is 5.92 Å². The van der Waals surface area contributed by atoms with E-state index in [2.05, 4.69) is 37.5 Å². The van der Waals surface area contributed by atoms with Gasteiger partial charge in [-0.05, 0) is 59.3 Å². The van der Waals surface area contributed by atoms with Gasteiger partial charge in [0, 0.05) is 38.6 Å². The van der Waals surface area contributed by atoms with Crippen molar-refractivity contribution in [3.8, 4) is 0 Å². The molecule has 128 valence electrons. The second-order valence-corrected chi connectivity index (χ2v) is 7.54. The average Bonchev–Trinajstić information content (AvgIpc) is 2.49. The number of carbonyl (C=O) groups is 1. The first-order chi connectivity index (χ1) is 10.5. The van der Waals surface area contributed by atoms with Crippen LogP contribution in [0.15, 0.2) is 0 Å². The number of nitrogens with zero attached hydrogens (tertiary/aromatic N) is 2. The van der Waals surface area contributed by atoms with Crippen molar-refractivity contribution in [3.63, 3.8) is 0 Å². The molecule has 0 aromatic heterocycles. The van der Waals surface area contributed by atoms with Gasteiger partial charge in [-0.15, -0.1) is 0 Å². The van der Waals surface area contributed by atoms with Crippen LogP contribution in [0, 0.1) is 5.92 Å². The second kappa shape index (κ2) is 8.30. The monoisotopic (exact) mass is 310 g/mol. The van der Waals surface area contributed by atoms with Gasteiger partial charge in [-0.1, -0.05) is 0 Å². The lowest BCUT2D eigenvalue weighted by atomic mass is 9.85. The molecule has 0 aromatic rings. The fourth-order valence-electron chi connectivity index (χ4n) is 3.72. The van der Waals surface area contributed by atoms with Gasteiger partial charge >= 0.3 is 0 Å². The van der Waals surface area contributed by atoms with Gasteiger partial charge in [0.2, 0.25) is 5.91 Å². The summed E-state index contributed by atoms with van der Waals surface area (Å²) in [5, 5.41) is 0. The van der Waals surface area contributed by atoms with Gasteiger partial charge in [-0.3, -0.25) is 9.69 Å². The number of amides is 1. The molecular weight excluding hydrogens is 276 g/mol. The van der Waals surface area contributed by atoms with Crippen LogP contribution >= 0.6 is 0 Å². The summed E-state index contributed by atoms with van der Waals surface area (Å²) in [7, 11) is 0. The fourth-order valence-corrected chi connectivity index (χ4v) is 3.72. The molecule has 2 fully saturated rings. The lowest BCUT2D eigenvalue weighted by Gasteiger charge is -2.38. The van der Waals surface area contributed by atoms with Crippen molar-refractivity contribution < 1.29 is 9.53 Å². The van der Waals surface area contributed by atoms with Crippen molar-refractivity contribution in [3.05, 3.63) is 0 Å². The molecule has 1 heterocycles. The van der Waals surface area contributed by atoms with Crippen LogP contribution in [0.2, 0.25) is 0 Å². The number of rotatable bonds is 5. The van der Waals surface area contributed by atoms with Gasteiger partial charge in [0.25, 0.3) is 0 Å². The Morgan fingerprint density at radius 1 is 1.00 bits per heavy atom. The number of ether oxygens (including phenoxy) is 1. The minimum absolute atomic E-state index is 0.320. The van der Waals surface area contributed by atoms with Gasteiger partial charge < -0.3 is 9.64 Å². The summed E-state index contributed by atoms with van der Waals surface area (Å²) in [6, 6.07) is 0.591. The summed E-state index contributed by atoms with van der Waals surface area (Å²) < 4.78 is 5.89. The Morgan fingerprint density at radius 3 is 2.09 bits per heavy atom. The van der Waals surface area contributed by atoms with Gasteiger partial charge in [-0.2, -0.15) is 0 Å². The summed E-state index contributed by atoms with van der Waals surface area (Å²) in [6.45, 7) is 12.5. The Balaban J connectivity index is 1.68. The molecule has 0 radical (unpaired) electrons. The molecule has 1 amide bonds. The number of carbonyl (C=O) groups excluding carboxylic acids is 1. The Labute approximate surface area is 136 Å². The Bertz CT molecular complexity index is 341.